The Morgan fingerprint density at radius 1 is 1.20 bits per heavy atom. The molecule has 2 aromatic carbocycles. The van der Waals surface area contributed by atoms with Crippen molar-refractivity contribution in [2.75, 3.05) is 17.7 Å². The standard InChI is InChI=1S/C22H20N4O2S2/c1-3-28-16-10-6-4-8-14(16)20-19-13(2)25-26(21(19)24-18(27)12-29-20)22-23-15-9-5-7-11-17(15)30-22/h4-11,20H,3,12H2,1-2H3,(H,24,27)/t20-/m1/s1. The molecule has 30 heavy (non-hydrogen) atoms. The summed E-state index contributed by atoms with van der Waals surface area (Å²) in [7, 11) is 0. The summed E-state index contributed by atoms with van der Waals surface area (Å²) in [5, 5.41) is 8.53. The quantitative estimate of drug-likeness (QED) is 0.489. The van der Waals surface area contributed by atoms with Gasteiger partial charge in [0, 0.05) is 11.1 Å². The van der Waals surface area contributed by atoms with Gasteiger partial charge in [0.25, 0.3) is 0 Å². The fourth-order valence-corrected chi connectivity index (χ4v) is 5.84. The van der Waals surface area contributed by atoms with Crippen molar-refractivity contribution in [3.05, 3.63) is 65.4 Å². The summed E-state index contributed by atoms with van der Waals surface area (Å²) in [6.07, 6.45) is 0. The maximum atomic E-state index is 12.6. The second-order valence-electron chi connectivity index (χ2n) is 6.93. The topological polar surface area (TPSA) is 69.0 Å². The highest BCUT2D eigenvalue weighted by atomic mass is 32.2. The van der Waals surface area contributed by atoms with Crippen molar-refractivity contribution < 1.29 is 9.53 Å². The Kier molecular flexibility index (Phi) is 4.96. The molecule has 0 radical (unpaired) electrons. The molecule has 1 atom stereocenters. The molecule has 0 bridgehead atoms. The van der Waals surface area contributed by atoms with Gasteiger partial charge in [0.05, 0.1) is 33.5 Å². The lowest BCUT2D eigenvalue weighted by Gasteiger charge is -2.18. The molecule has 4 aromatic rings. The van der Waals surface area contributed by atoms with Crippen LogP contribution in [0.4, 0.5) is 5.82 Å². The minimum absolute atomic E-state index is 0.0418. The molecule has 2 aromatic heterocycles. The smallest absolute Gasteiger partial charge is 0.235 e. The molecule has 1 amide bonds. The number of hydrogen-bond donors (Lipinski definition) is 1. The van der Waals surface area contributed by atoms with Gasteiger partial charge in [0.2, 0.25) is 11.0 Å². The predicted octanol–water partition coefficient (Wildman–Crippen LogP) is 4.96. The van der Waals surface area contributed by atoms with E-state index in [4.69, 9.17) is 14.8 Å². The first-order chi connectivity index (χ1) is 14.7. The van der Waals surface area contributed by atoms with Crippen molar-refractivity contribution in [3.63, 3.8) is 0 Å². The van der Waals surface area contributed by atoms with Crippen molar-refractivity contribution >= 4 is 45.0 Å². The van der Waals surface area contributed by atoms with Crippen molar-refractivity contribution in [2.45, 2.75) is 19.1 Å². The number of amides is 1. The Morgan fingerprint density at radius 3 is 2.83 bits per heavy atom. The number of para-hydroxylation sites is 2. The molecule has 0 fully saturated rings. The maximum absolute atomic E-state index is 12.6. The lowest BCUT2D eigenvalue weighted by Crippen LogP contribution is -2.15. The Hall–Kier alpha value is -2.84. The van der Waals surface area contributed by atoms with Gasteiger partial charge < -0.3 is 10.1 Å². The molecule has 3 heterocycles. The number of thioether (sulfide) groups is 1. The second-order valence-corrected chi connectivity index (χ2v) is 9.04. The summed E-state index contributed by atoms with van der Waals surface area (Å²) in [6.45, 7) is 4.54. The van der Waals surface area contributed by atoms with Gasteiger partial charge in [0.15, 0.2) is 0 Å². The van der Waals surface area contributed by atoms with Crippen LogP contribution < -0.4 is 10.1 Å². The van der Waals surface area contributed by atoms with Crippen LogP contribution in [0.3, 0.4) is 0 Å². The van der Waals surface area contributed by atoms with E-state index in [2.05, 4.69) is 11.4 Å². The van der Waals surface area contributed by atoms with Crippen LogP contribution in [0.2, 0.25) is 0 Å². The highest BCUT2D eigenvalue weighted by Crippen LogP contribution is 2.46. The molecule has 5 rings (SSSR count). The van der Waals surface area contributed by atoms with Crippen LogP contribution in [0.15, 0.2) is 48.5 Å². The summed E-state index contributed by atoms with van der Waals surface area (Å²) in [6, 6.07) is 16.0. The van der Waals surface area contributed by atoms with E-state index in [1.54, 1.807) is 27.8 Å². The van der Waals surface area contributed by atoms with Crippen LogP contribution in [-0.4, -0.2) is 33.0 Å². The van der Waals surface area contributed by atoms with E-state index in [0.29, 0.717) is 18.2 Å². The number of hydrogen-bond acceptors (Lipinski definition) is 6. The number of nitrogens with one attached hydrogen (secondary N) is 1. The van der Waals surface area contributed by atoms with E-state index >= 15 is 0 Å². The molecule has 1 aliphatic heterocycles. The van der Waals surface area contributed by atoms with Gasteiger partial charge in [-0.25, -0.2) is 4.98 Å². The monoisotopic (exact) mass is 436 g/mol. The fourth-order valence-electron chi connectivity index (χ4n) is 3.70. The van der Waals surface area contributed by atoms with Gasteiger partial charge in [0.1, 0.15) is 11.6 Å². The number of benzene rings is 2. The molecule has 0 spiro atoms. The van der Waals surface area contributed by atoms with Crippen LogP contribution >= 0.6 is 23.1 Å². The molecule has 8 heteroatoms. The second kappa shape index (κ2) is 7.77. The minimum Gasteiger partial charge on any atom is -0.494 e. The number of carbonyl (C=O) groups excluding carboxylic acids is 1. The highest BCUT2D eigenvalue weighted by Gasteiger charge is 2.32. The SMILES string of the molecule is CCOc1ccccc1[C@H]1SCC(=O)Nc2c1c(C)nn2-c1nc2ccccc2s1. The van der Waals surface area contributed by atoms with Crippen molar-refractivity contribution in [1.29, 1.82) is 0 Å². The molecule has 0 saturated carbocycles. The number of carbonyl (C=O) groups is 1. The van der Waals surface area contributed by atoms with E-state index in [9.17, 15) is 4.79 Å². The Labute approximate surface area is 182 Å². The van der Waals surface area contributed by atoms with Crippen LogP contribution in [0.25, 0.3) is 15.3 Å². The zero-order valence-corrected chi connectivity index (χ0v) is 18.2. The molecule has 152 valence electrons. The third-order valence-electron chi connectivity index (χ3n) is 4.97. The number of aryl methyl sites for hydroxylation is 1. The summed E-state index contributed by atoms with van der Waals surface area (Å²) in [5.74, 6) is 1.85. The number of nitrogens with zero attached hydrogens (tertiary/aromatic N) is 3. The van der Waals surface area contributed by atoms with Crippen LogP contribution in [0, 0.1) is 6.92 Å². The zero-order chi connectivity index (χ0) is 20.7. The van der Waals surface area contributed by atoms with Gasteiger partial charge in [-0.05, 0) is 32.0 Å². The summed E-state index contributed by atoms with van der Waals surface area (Å²) in [4.78, 5) is 17.3. The van der Waals surface area contributed by atoms with Crippen LogP contribution in [0.1, 0.15) is 29.0 Å². The van der Waals surface area contributed by atoms with Crippen molar-refractivity contribution in [1.82, 2.24) is 14.8 Å². The normalized spacial score (nSPS) is 16.2. The van der Waals surface area contributed by atoms with Crippen molar-refractivity contribution in [2.24, 2.45) is 0 Å². The minimum atomic E-state index is -0.0650. The lowest BCUT2D eigenvalue weighted by atomic mass is 10.0. The molecular formula is C22H20N4O2S2. The van der Waals surface area contributed by atoms with Gasteiger partial charge in [-0.1, -0.05) is 41.7 Å². The first-order valence-electron chi connectivity index (χ1n) is 9.74. The number of fused-ring (bicyclic) bond motifs is 2. The molecule has 0 aliphatic carbocycles. The van der Waals surface area contributed by atoms with E-state index in [0.717, 1.165) is 37.9 Å². The molecule has 1 aliphatic rings. The van der Waals surface area contributed by atoms with E-state index < -0.39 is 0 Å². The van der Waals surface area contributed by atoms with Gasteiger partial charge >= 0.3 is 0 Å². The molecule has 0 saturated heterocycles. The third kappa shape index (κ3) is 3.26. The van der Waals surface area contributed by atoms with E-state index in [1.807, 2.05) is 56.3 Å². The van der Waals surface area contributed by atoms with Gasteiger partial charge in [-0.3, -0.25) is 4.79 Å². The first kappa shape index (κ1) is 19.1. The Morgan fingerprint density at radius 2 is 2.00 bits per heavy atom. The zero-order valence-electron chi connectivity index (χ0n) is 16.6. The summed E-state index contributed by atoms with van der Waals surface area (Å²) in [5.41, 5.74) is 3.84. The third-order valence-corrected chi connectivity index (χ3v) is 7.24. The fraction of sp³-hybridized carbons (Fsp3) is 0.227. The van der Waals surface area contributed by atoms with E-state index in [1.165, 1.54) is 0 Å². The highest BCUT2D eigenvalue weighted by molar-refractivity contribution is 8.00. The van der Waals surface area contributed by atoms with E-state index in [-0.39, 0.29) is 11.2 Å². The average Bonchev–Trinajstić information content (AvgIpc) is 3.26. The van der Waals surface area contributed by atoms with Gasteiger partial charge in [-0.2, -0.15) is 9.78 Å². The molecular weight excluding hydrogens is 416 g/mol. The maximum Gasteiger partial charge on any atom is 0.235 e. The molecule has 6 nitrogen and oxygen atoms in total. The molecule has 0 unspecified atom stereocenters. The Balaban J connectivity index is 1.69. The average molecular weight is 437 g/mol. The number of thiazole rings is 1. The predicted molar refractivity (Wildman–Crippen MR) is 122 cm³/mol. The number of rotatable bonds is 4. The van der Waals surface area contributed by atoms with Crippen LogP contribution in [0.5, 0.6) is 5.75 Å². The number of ether oxygens (including phenoxy) is 1. The summed E-state index contributed by atoms with van der Waals surface area (Å²) >= 11 is 3.15. The molecule has 1 N–H and O–H groups in total. The largest absolute Gasteiger partial charge is 0.494 e. The van der Waals surface area contributed by atoms with Crippen molar-refractivity contribution in [3.8, 4) is 10.9 Å². The number of anilines is 1. The number of aromatic nitrogens is 3. The van der Waals surface area contributed by atoms with Crippen LogP contribution in [-0.2, 0) is 4.79 Å². The summed E-state index contributed by atoms with van der Waals surface area (Å²) < 4.78 is 8.75. The first-order valence-corrected chi connectivity index (χ1v) is 11.6. The van der Waals surface area contributed by atoms with Gasteiger partial charge in [-0.15, -0.1) is 11.8 Å². The lowest BCUT2D eigenvalue weighted by molar-refractivity contribution is -0.113. The Bertz CT molecular complexity index is 1210.